The zero-order chi connectivity index (χ0) is 30.3. The van der Waals surface area contributed by atoms with Crippen molar-refractivity contribution >= 4 is 57.2 Å². The van der Waals surface area contributed by atoms with Gasteiger partial charge < -0.3 is 9.80 Å². The highest BCUT2D eigenvalue weighted by Crippen LogP contribution is 2.69. The zero-order valence-electron chi connectivity index (χ0n) is 26.8. The molecule has 3 aliphatic heterocycles. The SMILES string of the molecule is CCc1ccc(N2c3cc(C)ccc3B3c4cccc5c4N(c4ccccc4C54C5CC6CC(C5)CC4C6)c4cccc2c43)cc1. The minimum Gasteiger partial charge on any atom is -0.311 e. The summed E-state index contributed by atoms with van der Waals surface area (Å²) in [6.07, 6.45) is 8.16. The van der Waals surface area contributed by atoms with Crippen molar-refractivity contribution in [2.45, 2.75) is 57.8 Å². The number of aryl methyl sites for hydroxylation is 2. The first-order valence-corrected chi connectivity index (χ1v) is 17.8. The summed E-state index contributed by atoms with van der Waals surface area (Å²) in [5.41, 5.74) is 18.6. The summed E-state index contributed by atoms with van der Waals surface area (Å²) in [4.78, 5) is 5.24. The van der Waals surface area contributed by atoms with Gasteiger partial charge in [-0.25, -0.2) is 0 Å². The summed E-state index contributed by atoms with van der Waals surface area (Å²) in [5, 5.41) is 0. The molecule has 12 rings (SSSR count). The number of hydrogen-bond donors (Lipinski definition) is 0. The molecule has 5 aromatic rings. The molecule has 0 amide bonds. The Hall–Kier alpha value is -4.24. The van der Waals surface area contributed by atoms with Gasteiger partial charge in [0.1, 0.15) is 0 Å². The lowest BCUT2D eigenvalue weighted by Crippen LogP contribution is -2.64. The molecular weight excluding hydrogens is 555 g/mol. The van der Waals surface area contributed by atoms with Crippen LogP contribution in [0.2, 0.25) is 0 Å². The fourth-order valence-corrected chi connectivity index (χ4v) is 11.8. The van der Waals surface area contributed by atoms with E-state index < -0.39 is 0 Å². The predicted octanol–water partition coefficient (Wildman–Crippen LogP) is 8.70. The summed E-state index contributed by atoms with van der Waals surface area (Å²) in [6.45, 7) is 4.69. The first-order valence-electron chi connectivity index (χ1n) is 17.8. The number of anilines is 6. The highest BCUT2D eigenvalue weighted by molar-refractivity contribution is 7.00. The highest BCUT2D eigenvalue weighted by Gasteiger charge is 2.62. The van der Waals surface area contributed by atoms with Gasteiger partial charge in [-0.05, 0) is 144 Å². The average molecular weight is 595 g/mol. The van der Waals surface area contributed by atoms with E-state index in [-0.39, 0.29) is 12.1 Å². The van der Waals surface area contributed by atoms with Gasteiger partial charge in [-0.2, -0.15) is 0 Å². The van der Waals surface area contributed by atoms with Crippen LogP contribution >= 0.6 is 0 Å². The fraction of sp³-hybridized carbons (Fsp3) is 0.302. The van der Waals surface area contributed by atoms with Crippen LogP contribution in [0.25, 0.3) is 0 Å². The molecule has 0 saturated heterocycles. The Morgan fingerprint density at radius 2 is 1.30 bits per heavy atom. The molecule has 4 aliphatic carbocycles. The predicted molar refractivity (Wildman–Crippen MR) is 192 cm³/mol. The summed E-state index contributed by atoms with van der Waals surface area (Å²) in [6, 6.07) is 40.6. The maximum atomic E-state index is 2.70. The van der Waals surface area contributed by atoms with Crippen LogP contribution in [-0.2, 0) is 11.8 Å². The molecule has 3 heterocycles. The van der Waals surface area contributed by atoms with Crippen LogP contribution in [0, 0.1) is 30.6 Å². The van der Waals surface area contributed by atoms with Crippen LogP contribution in [0.15, 0.2) is 103 Å². The molecule has 5 aromatic carbocycles. The van der Waals surface area contributed by atoms with Crippen molar-refractivity contribution in [2.24, 2.45) is 23.7 Å². The molecule has 7 aliphatic rings. The number of benzene rings is 5. The van der Waals surface area contributed by atoms with E-state index in [0.29, 0.717) is 0 Å². The van der Waals surface area contributed by atoms with Gasteiger partial charge in [0, 0.05) is 33.9 Å². The van der Waals surface area contributed by atoms with Crippen LogP contribution in [0.3, 0.4) is 0 Å². The molecule has 4 saturated carbocycles. The normalized spacial score (nSPS) is 27.0. The van der Waals surface area contributed by atoms with Gasteiger partial charge in [-0.3, -0.25) is 0 Å². The zero-order valence-corrected chi connectivity index (χ0v) is 26.8. The molecule has 0 aromatic heterocycles. The van der Waals surface area contributed by atoms with Crippen molar-refractivity contribution in [2.75, 3.05) is 9.80 Å². The third kappa shape index (κ3) is 3.06. The summed E-state index contributed by atoms with van der Waals surface area (Å²) in [5.74, 6) is 3.36. The third-order valence-corrected chi connectivity index (χ3v) is 13.2. The minimum absolute atomic E-state index is 0.124. The van der Waals surface area contributed by atoms with Crippen LogP contribution < -0.4 is 26.2 Å². The largest absolute Gasteiger partial charge is 0.311 e. The second kappa shape index (κ2) is 8.97. The van der Waals surface area contributed by atoms with E-state index in [0.717, 1.165) is 30.1 Å². The first-order chi connectivity index (χ1) is 22.6. The molecule has 0 N–H and O–H groups in total. The number of para-hydroxylation sites is 2. The van der Waals surface area contributed by atoms with Gasteiger partial charge >= 0.3 is 0 Å². The number of hydrogen-bond acceptors (Lipinski definition) is 2. The van der Waals surface area contributed by atoms with Crippen LogP contribution in [0.4, 0.5) is 34.1 Å². The van der Waals surface area contributed by atoms with Crippen molar-refractivity contribution in [3.63, 3.8) is 0 Å². The minimum atomic E-state index is 0.124. The van der Waals surface area contributed by atoms with E-state index in [4.69, 9.17) is 0 Å². The Morgan fingerprint density at radius 1 is 0.630 bits per heavy atom. The number of nitrogens with zero attached hydrogens (tertiary/aromatic N) is 2. The second-order valence-corrected chi connectivity index (χ2v) is 15.3. The number of rotatable bonds is 2. The van der Waals surface area contributed by atoms with Crippen LogP contribution in [0.1, 0.15) is 61.3 Å². The van der Waals surface area contributed by atoms with Gasteiger partial charge in [0.25, 0.3) is 6.71 Å². The Morgan fingerprint density at radius 3 is 2.07 bits per heavy atom. The van der Waals surface area contributed by atoms with Crippen molar-refractivity contribution in [3.8, 4) is 0 Å². The van der Waals surface area contributed by atoms with Gasteiger partial charge in [0.15, 0.2) is 0 Å². The first kappa shape index (κ1) is 25.9. The van der Waals surface area contributed by atoms with Crippen molar-refractivity contribution < 1.29 is 0 Å². The monoisotopic (exact) mass is 594 g/mol. The van der Waals surface area contributed by atoms with E-state index in [2.05, 4.69) is 127 Å². The van der Waals surface area contributed by atoms with Crippen molar-refractivity contribution in [1.29, 1.82) is 0 Å². The van der Waals surface area contributed by atoms with Gasteiger partial charge in [0.2, 0.25) is 0 Å². The van der Waals surface area contributed by atoms with E-state index in [1.54, 1.807) is 11.1 Å². The summed E-state index contributed by atoms with van der Waals surface area (Å²) < 4.78 is 0. The molecule has 3 heteroatoms. The molecule has 46 heavy (non-hydrogen) atoms. The number of fused-ring (bicyclic) bond motifs is 6. The van der Waals surface area contributed by atoms with E-state index in [1.165, 1.54) is 93.7 Å². The quantitative estimate of drug-likeness (QED) is 0.185. The molecule has 0 radical (unpaired) electrons. The lowest BCUT2D eigenvalue weighted by Gasteiger charge is -2.64. The average Bonchev–Trinajstić information content (AvgIpc) is 3.08. The van der Waals surface area contributed by atoms with E-state index >= 15 is 0 Å². The molecule has 4 fully saturated rings. The molecule has 0 atom stereocenters. The molecule has 4 bridgehead atoms. The Kier molecular flexibility index (Phi) is 5.05. The lowest BCUT2D eigenvalue weighted by molar-refractivity contribution is -0.0419. The Balaban J connectivity index is 1.22. The van der Waals surface area contributed by atoms with Crippen LogP contribution in [0.5, 0.6) is 0 Å². The molecule has 1 spiro atoms. The Labute approximate surface area is 273 Å². The molecule has 224 valence electrons. The van der Waals surface area contributed by atoms with Gasteiger partial charge in [-0.1, -0.05) is 73.7 Å². The van der Waals surface area contributed by atoms with E-state index in [1.807, 2.05) is 0 Å². The standard InChI is InChI=1S/C43H39BN2/c1-3-27-15-17-32(18-16-27)45-38-12-7-13-39-41(38)44(35-19-14-26(2)20-40(35)45)36-10-6-9-34-42(36)46(39)37-11-5-4-8-33(37)43(34)30-22-28-21-29(24-30)25-31(43)23-28/h4-20,28-31H,3,21-25H2,1-2H3. The highest BCUT2D eigenvalue weighted by atomic mass is 15.2. The topological polar surface area (TPSA) is 6.48 Å². The maximum absolute atomic E-state index is 2.70. The maximum Gasteiger partial charge on any atom is 0.252 e. The molecule has 0 unspecified atom stereocenters. The lowest BCUT2D eigenvalue weighted by atomic mass is 9.32. The summed E-state index contributed by atoms with van der Waals surface area (Å²) >= 11 is 0. The third-order valence-electron chi connectivity index (χ3n) is 13.2. The van der Waals surface area contributed by atoms with Crippen LogP contribution in [-0.4, -0.2) is 6.71 Å². The Bertz CT molecular complexity index is 2070. The van der Waals surface area contributed by atoms with Crippen molar-refractivity contribution in [1.82, 2.24) is 0 Å². The molecule has 2 nitrogen and oxygen atoms in total. The van der Waals surface area contributed by atoms with Gasteiger partial charge in [-0.15, -0.1) is 0 Å². The smallest absolute Gasteiger partial charge is 0.252 e. The van der Waals surface area contributed by atoms with Crippen molar-refractivity contribution in [3.05, 3.63) is 125 Å². The summed E-state index contributed by atoms with van der Waals surface area (Å²) in [7, 11) is 0. The van der Waals surface area contributed by atoms with E-state index in [9.17, 15) is 0 Å². The fourth-order valence-electron chi connectivity index (χ4n) is 11.8. The second-order valence-electron chi connectivity index (χ2n) is 15.3. The molecular formula is C43H39BN2. The van der Waals surface area contributed by atoms with Gasteiger partial charge in [0.05, 0.1) is 5.69 Å².